The molecule has 3 aromatic carbocycles. The molecule has 2 aliphatic heterocycles. The van der Waals surface area contributed by atoms with Gasteiger partial charge in [-0.05, 0) is 77.1 Å². The maximum Gasteiger partial charge on any atom is 1.00 e. The van der Waals surface area contributed by atoms with Crippen molar-refractivity contribution in [3.8, 4) is 5.75 Å². The van der Waals surface area contributed by atoms with Crippen molar-refractivity contribution >= 4 is 11.3 Å². The van der Waals surface area contributed by atoms with E-state index in [9.17, 15) is 0 Å². The molecule has 44 heavy (non-hydrogen) atoms. The molecule has 0 fully saturated rings. The number of ether oxygens (including phenoxy) is 1. The summed E-state index contributed by atoms with van der Waals surface area (Å²) < 4.78 is 5.46. The second-order valence-corrected chi connectivity index (χ2v) is 10.4. The molecule has 0 unspecified atom stereocenters. The Morgan fingerprint density at radius 2 is 1.09 bits per heavy atom. The predicted octanol–water partition coefficient (Wildman–Crippen LogP) is 6.73. The molecule has 3 aromatic heterocycles. The summed E-state index contributed by atoms with van der Waals surface area (Å²) >= 11 is 0. The van der Waals surface area contributed by atoms with Gasteiger partial charge in [0, 0.05) is 66.1 Å². The van der Waals surface area contributed by atoms with Gasteiger partial charge in [-0.15, -0.1) is 11.4 Å². The first kappa shape index (κ1) is 27.5. The van der Waals surface area contributed by atoms with Crippen LogP contribution in [0.4, 0.5) is 0 Å². The van der Waals surface area contributed by atoms with Crippen molar-refractivity contribution < 1.29 is 21.8 Å². The summed E-state index contributed by atoms with van der Waals surface area (Å²) in [6, 6.07) is 41.1. The first-order valence-corrected chi connectivity index (χ1v) is 14.2. The number of fused-ring (bicyclic) bond motifs is 8. The smallest absolute Gasteiger partial charge is 0.642 e. The fraction of sp³-hybridized carbons (Fsp3) is 0.0263. The Morgan fingerprint density at radius 3 is 1.75 bits per heavy atom. The molecule has 0 radical (unpaired) electrons. The van der Waals surface area contributed by atoms with Gasteiger partial charge in [-0.3, -0.25) is 0 Å². The van der Waals surface area contributed by atoms with E-state index in [2.05, 4.69) is 72.8 Å². The van der Waals surface area contributed by atoms with E-state index in [-0.39, 0.29) is 17.1 Å². The summed E-state index contributed by atoms with van der Waals surface area (Å²) in [4.78, 5) is 20.6. The van der Waals surface area contributed by atoms with Crippen LogP contribution in [0.15, 0.2) is 144 Å². The van der Waals surface area contributed by atoms with Gasteiger partial charge in [0.1, 0.15) is 5.75 Å². The Bertz CT molecular complexity index is 2010. The number of hydrogen-bond acceptors (Lipinski definition) is 2. The van der Waals surface area contributed by atoms with E-state index in [4.69, 9.17) is 24.7 Å². The molecule has 6 aromatic rings. The molecular weight excluding hydrogens is 592 g/mol. The Kier molecular flexibility index (Phi) is 7.15. The SMILES string of the molecule is COc1ccc([C+]2c3ccc([n-]3)/C(c3ccccc3)=C3/C=CC(=N3)c3ccc([n-]3)[C+](c3ccccc3)c3ccc2[n-]3)cc1.[Cu+]. The standard InChI is InChI=1S/C38H25N4O.Cu/c1-43-27-14-12-26(13-15-27)38-34-22-20-32(41-34)36(24-8-4-2-5-9-24)30-18-16-28(39-30)29-17-19-31(40-29)37(25-10-6-3-7-11-25)33-21-23-35(38)42-33;/h2-23H,1H3;/q-1;+1/b36-30-;. The van der Waals surface area contributed by atoms with E-state index in [1.165, 1.54) is 0 Å². The van der Waals surface area contributed by atoms with E-state index >= 15 is 0 Å². The van der Waals surface area contributed by atoms with Crippen LogP contribution in [0.1, 0.15) is 50.9 Å². The molecule has 6 heteroatoms. The van der Waals surface area contributed by atoms with Gasteiger partial charge in [-0.2, -0.15) is 0 Å². The van der Waals surface area contributed by atoms with Crippen LogP contribution in [0.2, 0.25) is 0 Å². The molecule has 0 saturated carbocycles. The molecular formula is C38H25CuN4O. The third-order valence-corrected chi connectivity index (χ3v) is 7.86. The summed E-state index contributed by atoms with van der Waals surface area (Å²) in [6.45, 7) is 0. The zero-order chi connectivity index (χ0) is 28.8. The molecule has 0 saturated heterocycles. The average molecular weight is 617 g/mol. The number of aromatic nitrogens is 3. The topological polar surface area (TPSA) is 63.9 Å². The van der Waals surface area contributed by atoms with Crippen LogP contribution in [-0.4, -0.2) is 12.8 Å². The van der Waals surface area contributed by atoms with E-state index in [1.54, 1.807) is 7.11 Å². The molecule has 5 heterocycles. The summed E-state index contributed by atoms with van der Waals surface area (Å²) in [5.74, 6) is 2.72. The zero-order valence-corrected chi connectivity index (χ0v) is 24.6. The van der Waals surface area contributed by atoms with Gasteiger partial charge in [-0.25, -0.2) is 4.99 Å². The monoisotopic (exact) mass is 616 g/mol. The van der Waals surface area contributed by atoms with E-state index in [0.29, 0.717) is 0 Å². The van der Waals surface area contributed by atoms with Gasteiger partial charge < -0.3 is 19.7 Å². The van der Waals surface area contributed by atoms with Gasteiger partial charge >= 0.3 is 17.1 Å². The zero-order valence-electron chi connectivity index (χ0n) is 23.7. The summed E-state index contributed by atoms with van der Waals surface area (Å²) in [5.41, 5.74) is 10.8. The van der Waals surface area contributed by atoms with Crippen molar-refractivity contribution in [3.63, 3.8) is 0 Å². The number of hydrogen-bond donors (Lipinski definition) is 0. The summed E-state index contributed by atoms with van der Waals surface area (Å²) in [7, 11) is 1.68. The molecule has 0 aliphatic carbocycles. The number of aliphatic imine (C=N–C) groups is 1. The van der Waals surface area contributed by atoms with Crippen molar-refractivity contribution in [2.75, 3.05) is 7.11 Å². The number of methoxy groups -OCH3 is 1. The maximum atomic E-state index is 5.46. The molecule has 5 nitrogen and oxygen atoms in total. The van der Waals surface area contributed by atoms with Crippen LogP contribution in [0.3, 0.4) is 0 Å². The third kappa shape index (κ3) is 4.80. The fourth-order valence-corrected chi connectivity index (χ4v) is 5.82. The largest absolute Gasteiger partial charge is 1.00 e. The number of allylic oxidation sites excluding steroid dienone is 2. The predicted molar refractivity (Wildman–Crippen MR) is 168 cm³/mol. The molecule has 214 valence electrons. The molecule has 8 bridgehead atoms. The number of benzene rings is 3. The Hall–Kier alpha value is -5.29. The second kappa shape index (κ2) is 11.4. The van der Waals surface area contributed by atoms with Crippen molar-refractivity contribution in [3.05, 3.63) is 202 Å². The minimum Gasteiger partial charge on any atom is -0.642 e. The Morgan fingerprint density at radius 1 is 0.545 bits per heavy atom. The first-order valence-electron chi connectivity index (χ1n) is 14.2. The van der Waals surface area contributed by atoms with Gasteiger partial charge in [0.2, 0.25) is 0 Å². The summed E-state index contributed by atoms with van der Waals surface area (Å²) in [5, 5.41) is 0. The average Bonchev–Trinajstić information content (AvgIpc) is 3.88. The first-order chi connectivity index (χ1) is 21.2. The minimum atomic E-state index is 0. The second-order valence-electron chi connectivity index (χ2n) is 10.4. The quantitative estimate of drug-likeness (QED) is 0.163. The number of rotatable bonds is 4. The van der Waals surface area contributed by atoms with Crippen LogP contribution in [-0.2, 0) is 17.1 Å². The van der Waals surface area contributed by atoms with Gasteiger partial charge in [0.05, 0.1) is 23.9 Å². The van der Waals surface area contributed by atoms with E-state index in [1.807, 2.05) is 60.7 Å². The van der Waals surface area contributed by atoms with Crippen LogP contribution in [0.25, 0.3) is 5.57 Å². The fourth-order valence-electron chi connectivity index (χ4n) is 5.82. The molecule has 0 amide bonds. The van der Waals surface area contributed by atoms with Crippen molar-refractivity contribution in [2.45, 2.75) is 0 Å². The van der Waals surface area contributed by atoms with Gasteiger partial charge in [-0.1, -0.05) is 41.7 Å². The van der Waals surface area contributed by atoms with Crippen LogP contribution in [0, 0.1) is 11.8 Å². The molecule has 0 N–H and O–H groups in total. The Balaban J connectivity index is 0.00000312. The molecule has 8 rings (SSSR count). The number of nitrogens with zero attached hydrogens (tertiary/aromatic N) is 4. The molecule has 0 atom stereocenters. The van der Waals surface area contributed by atoms with Gasteiger partial charge in [0.15, 0.2) is 0 Å². The van der Waals surface area contributed by atoms with E-state index < -0.39 is 0 Å². The van der Waals surface area contributed by atoms with Crippen LogP contribution >= 0.6 is 0 Å². The van der Waals surface area contributed by atoms with Gasteiger partial charge in [0.25, 0.3) is 0 Å². The van der Waals surface area contributed by atoms with Crippen molar-refractivity contribution in [2.24, 2.45) is 4.99 Å². The third-order valence-electron chi connectivity index (χ3n) is 7.86. The van der Waals surface area contributed by atoms with Crippen LogP contribution in [0.5, 0.6) is 5.75 Å². The molecule has 2 aliphatic rings. The van der Waals surface area contributed by atoms with Crippen molar-refractivity contribution in [1.82, 2.24) is 15.0 Å². The maximum absolute atomic E-state index is 5.46. The van der Waals surface area contributed by atoms with Crippen LogP contribution < -0.4 is 19.7 Å². The summed E-state index contributed by atoms with van der Waals surface area (Å²) in [6.07, 6.45) is 4.10. The Labute approximate surface area is 266 Å². The van der Waals surface area contributed by atoms with Crippen molar-refractivity contribution in [1.29, 1.82) is 0 Å². The minimum absolute atomic E-state index is 0. The molecule has 0 spiro atoms. The normalized spacial score (nSPS) is 15.3. The van der Waals surface area contributed by atoms with E-state index in [0.717, 1.165) is 85.4 Å².